The molecule has 7 heteroatoms. The minimum atomic E-state index is -1.15. The Kier molecular flexibility index (Phi) is 3.83. The van der Waals surface area contributed by atoms with Crippen molar-refractivity contribution in [1.29, 1.82) is 0 Å². The predicted octanol–water partition coefficient (Wildman–Crippen LogP) is -0.437. The molecule has 0 aliphatic carbocycles. The van der Waals surface area contributed by atoms with Crippen molar-refractivity contribution in [2.45, 2.75) is 25.4 Å². The van der Waals surface area contributed by atoms with Crippen LogP contribution in [-0.4, -0.2) is 47.0 Å². The zero-order valence-electron chi connectivity index (χ0n) is 13.9. The third-order valence-corrected chi connectivity index (χ3v) is 5.22. The van der Waals surface area contributed by atoms with E-state index in [1.54, 1.807) is 31.3 Å². The third-order valence-electron chi connectivity index (χ3n) is 5.22. The minimum Gasteiger partial charge on any atom is -0.508 e. The van der Waals surface area contributed by atoms with Crippen molar-refractivity contribution in [3.8, 4) is 5.75 Å². The van der Waals surface area contributed by atoms with Gasteiger partial charge in [-0.1, -0.05) is 0 Å². The van der Waals surface area contributed by atoms with Gasteiger partial charge in [-0.15, -0.1) is 0 Å². The van der Waals surface area contributed by atoms with Crippen LogP contribution >= 0.6 is 0 Å². The summed E-state index contributed by atoms with van der Waals surface area (Å²) < 4.78 is 4.91. The van der Waals surface area contributed by atoms with Crippen molar-refractivity contribution < 1.29 is 29.5 Å². The molecule has 0 saturated carbocycles. The van der Waals surface area contributed by atoms with Crippen LogP contribution in [0.2, 0.25) is 0 Å². The Morgan fingerprint density at radius 2 is 1.92 bits per heavy atom. The second kappa shape index (κ2) is 5.59. The molecule has 2 aliphatic heterocycles. The minimum absolute atomic E-state index is 0.119. The number of hydrogen-bond acceptors (Lipinski definition) is 5. The van der Waals surface area contributed by atoms with Gasteiger partial charge in [0.1, 0.15) is 23.6 Å². The maximum absolute atomic E-state index is 12.8. The van der Waals surface area contributed by atoms with Gasteiger partial charge in [0.05, 0.1) is 7.11 Å². The first-order valence-electron chi connectivity index (χ1n) is 7.93. The van der Waals surface area contributed by atoms with Crippen molar-refractivity contribution >= 4 is 17.8 Å². The highest BCUT2D eigenvalue weighted by atomic mass is 16.5. The van der Waals surface area contributed by atoms with Gasteiger partial charge in [-0.05, 0) is 31.2 Å². The van der Waals surface area contributed by atoms with Crippen LogP contribution in [0.4, 0.5) is 0 Å². The number of hydrogen-bond donors (Lipinski definition) is 2. The number of quaternary nitrogens is 1. The highest BCUT2D eigenvalue weighted by Gasteiger charge is 2.70. The first kappa shape index (κ1) is 16.4. The van der Waals surface area contributed by atoms with Crippen LogP contribution < -0.4 is 5.32 Å². The molecule has 2 amide bonds. The van der Waals surface area contributed by atoms with Crippen molar-refractivity contribution in [2.24, 2.45) is 11.8 Å². The van der Waals surface area contributed by atoms with E-state index in [1.165, 1.54) is 24.1 Å². The Balaban J connectivity index is 2.09. The molecule has 24 heavy (non-hydrogen) atoms. The van der Waals surface area contributed by atoms with Crippen LogP contribution in [0, 0.1) is 11.8 Å². The van der Waals surface area contributed by atoms with E-state index in [9.17, 15) is 19.5 Å². The van der Waals surface area contributed by atoms with E-state index in [4.69, 9.17) is 4.74 Å². The van der Waals surface area contributed by atoms with E-state index in [0.717, 1.165) is 5.56 Å². The number of imide groups is 1. The van der Waals surface area contributed by atoms with E-state index in [1.807, 2.05) is 0 Å². The van der Waals surface area contributed by atoms with Crippen LogP contribution in [0.15, 0.2) is 24.3 Å². The zero-order chi connectivity index (χ0) is 17.6. The quantitative estimate of drug-likeness (QED) is 0.577. The fraction of sp³-hybridized carbons (Fsp3) is 0.471. The summed E-state index contributed by atoms with van der Waals surface area (Å²) in [5, 5.41) is 11.2. The fourth-order valence-corrected chi connectivity index (χ4v) is 4.05. The van der Waals surface area contributed by atoms with Gasteiger partial charge in [0.15, 0.2) is 0 Å². The number of phenols is 1. The molecular formula is C17H21N2O5+. The number of nitrogens with two attached hydrogens (primary N) is 1. The van der Waals surface area contributed by atoms with Crippen molar-refractivity contribution in [1.82, 2.24) is 4.90 Å². The lowest BCUT2D eigenvalue weighted by atomic mass is 9.80. The standard InChI is InChI=1S/C17H20N2O5/c1-4-19-14(21)11-12(15(19)22)17(2,16(23)24-3)18-13(11)9-5-7-10(20)8-6-9/h5-8,11-13,18,20H,4H2,1-3H3/p+1/t11-,12+,13-,17-/m1/s1. The van der Waals surface area contributed by atoms with Crippen LogP contribution in [-0.2, 0) is 19.1 Å². The molecule has 1 aromatic carbocycles. The SMILES string of the molecule is CCN1C(=O)[C@H]2[C@@H](c3ccc(O)cc3)[NH2+][C@@](C)(C(=O)OC)[C@@H]2C1=O. The van der Waals surface area contributed by atoms with E-state index < -0.39 is 23.3 Å². The van der Waals surface area contributed by atoms with Gasteiger partial charge in [-0.3, -0.25) is 14.5 Å². The predicted molar refractivity (Wildman–Crippen MR) is 82.6 cm³/mol. The van der Waals surface area contributed by atoms with Crippen molar-refractivity contribution in [3.63, 3.8) is 0 Å². The highest BCUT2D eigenvalue weighted by molar-refractivity contribution is 6.08. The molecule has 2 saturated heterocycles. The maximum Gasteiger partial charge on any atom is 0.368 e. The second-order valence-electron chi connectivity index (χ2n) is 6.48. The molecule has 2 heterocycles. The van der Waals surface area contributed by atoms with Gasteiger partial charge in [0.25, 0.3) is 0 Å². The normalized spacial score (nSPS) is 32.1. The van der Waals surface area contributed by atoms with E-state index >= 15 is 0 Å². The first-order chi connectivity index (χ1) is 11.3. The summed E-state index contributed by atoms with van der Waals surface area (Å²) in [4.78, 5) is 39.1. The molecule has 0 unspecified atom stereocenters. The average Bonchev–Trinajstić information content (AvgIpc) is 3.02. The second-order valence-corrected chi connectivity index (χ2v) is 6.48. The van der Waals surface area contributed by atoms with Crippen molar-refractivity contribution in [2.75, 3.05) is 13.7 Å². The van der Waals surface area contributed by atoms with Crippen LogP contribution in [0.25, 0.3) is 0 Å². The summed E-state index contributed by atoms with van der Waals surface area (Å²) in [5.74, 6) is -2.35. The zero-order valence-corrected chi connectivity index (χ0v) is 13.9. The number of aromatic hydroxyl groups is 1. The smallest absolute Gasteiger partial charge is 0.368 e. The molecule has 1 aromatic rings. The monoisotopic (exact) mass is 333 g/mol. The Labute approximate surface area is 139 Å². The Morgan fingerprint density at radius 3 is 2.46 bits per heavy atom. The molecule has 128 valence electrons. The Bertz CT molecular complexity index is 701. The summed E-state index contributed by atoms with van der Waals surface area (Å²) in [6, 6.07) is 6.11. The first-order valence-corrected chi connectivity index (χ1v) is 7.93. The molecule has 2 fully saturated rings. The van der Waals surface area contributed by atoms with Gasteiger partial charge in [0.2, 0.25) is 17.4 Å². The number of fused-ring (bicyclic) bond motifs is 1. The molecule has 3 rings (SSSR count). The number of phenolic OH excluding ortho intramolecular Hbond substituents is 1. The number of benzene rings is 1. The number of amides is 2. The highest BCUT2D eigenvalue weighted by Crippen LogP contribution is 2.44. The largest absolute Gasteiger partial charge is 0.508 e. The van der Waals surface area contributed by atoms with Gasteiger partial charge in [-0.2, -0.15) is 0 Å². The van der Waals surface area contributed by atoms with E-state index in [-0.39, 0.29) is 30.2 Å². The number of ether oxygens (including phenoxy) is 1. The van der Waals surface area contributed by atoms with Crippen LogP contribution in [0.5, 0.6) is 5.75 Å². The van der Waals surface area contributed by atoms with Gasteiger partial charge >= 0.3 is 5.97 Å². The molecule has 7 nitrogen and oxygen atoms in total. The average molecular weight is 333 g/mol. The van der Waals surface area contributed by atoms with E-state index in [0.29, 0.717) is 0 Å². The lowest BCUT2D eigenvalue weighted by molar-refractivity contribution is -0.731. The summed E-state index contributed by atoms with van der Waals surface area (Å²) in [7, 11) is 1.28. The van der Waals surface area contributed by atoms with Gasteiger partial charge < -0.3 is 15.2 Å². The maximum atomic E-state index is 12.8. The molecule has 3 N–H and O–H groups in total. The lowest BCUT2D eigenvalue weighted by Crippen LogP contribution is -2.97. The number of nitrogens with zero attached hydrogens (tertiary/aromatic N) is 1. The Morgan fingerprint density at radius 1 is 1.29 bits per heavy atom. The molecule has 2 aliphatic rings. The molecular weight excluding hydrogens is 312 g/mol. The van der Waals surface area contributed by atoms with Crippen LogP contribution in [0.1, 0.15) is 25.5 Å². The van der Waals surface area contributed by atoms with Crippen LogP contribution in [0.3, 0.4) is 0 Å². The summed E-state index contributed by atoms with van der Waals surface area (Å²) in [6.45, 7) is 3.68. The topological polar surface area (TPSA) is 101 Å². The van der Waals surface area contributed by atoms with Crippen molar-refractivity contribution in [3.05, 3.63) is 29.8 Å². The molecule has 0 radical (unpaired) electrons. The van der Waals surface area contributed by atoms with Gasteiger partial charge in [0, 0.05) is 19.0 Å². The third kappa shape index (κ3) is 2.11. The fourth-order valence-electron chi connectivity index (χ4n) is 4.05. The number of carbonyl (C=O) groups is 3. The number of methoxy groups -OCH3 is 1. The van der Waals surface area contributed by atoms with Gasteiger partial charge in [-0.25, -0.2) is 4.79 Å². The summed E-state index contributed by atoms with van der Waals surface area (Å²) >= 11 is 0. The number of likely N-dealkylation sites (tertiary alicyclic amines) is 1. The molecule has 0 spiro atoms. The summed E-state index contributed by atoms with van der Waals surface area (Å²) in [6.07, 6.45) is 0. The Hall–Kier alpha value is -2.41. The lowest BCUT2D eigenvalue weighted by Gasteiger charge is -2.25. The number of rotatable bonds is 3. The summed E-state index contributed by atoms with van der Waals surface area (Å²) in [5.41, 5.74) is -0.368. The van der Waals surface area contributed by atoms with E-state index in [2.05, 4.69) is 0 Å². The molecule has 0 bridgehead atoms. The molecule has 0 aromatic heterocycles. The number of esters is 1. The number of carbonyl (C=O) groups excluding carboxylic acids is 3. The molecule has 4 atom stereocenters.